The van der Waals surface area contributed by atoms with Crippen molar-refractivity contribution < 1.29 is 30.5 Å². The minimum atomic E-state index is -3.04. The third-order valence-corrected chi connectivity index (χ3v) is 4.18. The van der Waals surface area contributed by atoms with Crippen molar-refractivity contribution >= 4 is 18.4 Å². The molecule has 2 unspecified atom stereocenters. The minimum Gasteiger partial charge on any atom is -0.489 e. The Morgan fingerprint density at radius 1 is 1.40 bits per heavy atom. The summed E-state index contributed by atoms with van der Waals surface area (Å²) in [4.78, 5) is 11.6. The fourth-order valence-electron chi connectivity index (χ4n) is 2.71. The first-order chi connectivity index (χ1) is 12.3. The van der Waals surface area contributed by atoms with Crippen LogP contribution in [-0.2, 0) is 9.53 Å². The van der Waals surface area contributed by atoms with E-state index in [1.165, 1.54) is 19.2 Å². The maximum absolute atomic E-state index is 12.7. The summed E-state index contributed by atoms with van der Waals surface area (Å²) in [6, 6.07) is 4.07. The number of carbonyl (C=O) groups excluding carboxylic acids is 1. The fourth-order valence-corrected chi connectivity index (χ4v) is 2.71. The molecule has 25 heavy (non-hydrogen) atoms. The van der Waals surface area contributed by atoms with Gasteiger partial charge in [0.05, 0.1) is 16.4 Å². The highest BCUT2D eigenvalue weighted by Gasteiger charge is 2.31. The van der Waals surface area contributed by atoms with Gasteiger partial charge in [0, 0.05) is 6.54 Å². The fraction of sp³-hybridized carbons (Fsp3) is 0.588. The second-order valence-corrected chi connectivity index (χ2v) is 6.00. The van der Waals surface area contributed by atoms with Gasteiger partial charge in [-0.1, -0.05) is 6.07 Å². The summed E-state index contributed by atoms with van der Waals surface area (Å²) >= 11 is 0. The summed E-state index contributed by atoms with van der Waals surface area (Å²) < 4.78 is 55.9. The Bertz CT molecular complexity index is 676. The average Bonchev–Trinajstić information content (AvgIpc) is 3.34. The molecule has 3 rings (SSSR count). The van der Waals surface area contributed by atoms with Gasteiger partial charge in [0.1, 0.15) is 6.04 Å². The Kier molecular flexibility index (Phi) is 5.84. The third-order valence-electron chi connectivity index (χ3n) is 4.18. The smallest absolute Gasteiger partial charge is 0.387 e. The molecule has 0 radical (unpaired) electrons. The SMILES string of the molecule is Cl.[2H]C([2H])(Oc1cc(C2CNC(C(=O)OC)C2)ccc1OC(F)F)C1CC1. The van der Waals surface area contributed by atoms with Crippen molar-refractivity contribution in [2.75, 3.05) is 20.2 Å². The summed E-state index contributed by atoms with van der Waals surface area (Å²) in [7, 11) is 1.32. The average molecular weight is 380 g/mol. The van der Waals surface area contributed by atoms with E-state index in [-0.39, 0.29) is 41.7 Å². The van der Waals surface area contributed by atoms with E-state index in [1.54, 1.807) is 6.07 Å². The van der Waals surface area contributed by atoms with E-state index in [1.807, 2.05) is 0 Å². The maximum atomic E-state index is 12.7. The summed E-state index contributed by atoms with van der Waals surface area (Å²) in [6.45, 7) is -4.46. The Morgan fingerprint density at radius 3 is 2.80 bits per heavy atom. The second-order valence-electron chi connectivity index (χ2n) is 6.00. The molecule has 1 aromatic rings. The molecule has 1 N–H and O–H groups in total. The number of alkyl halides is 2. The molecule has 1 aliphatic heterocycles. The van der Waals surface area contributed by atoms with Crippen LogP contribution >= 0.6 is 12.4 Å². The summed E-state index contributed by atoms with van der Waals surface area (Å²) in [5.74, 6) is -0.909. The highest BCUT2D eigenvalue weighted by Crippen LogP contribution is 2.37. The molecule has 1 aliphatic carbocycles. The maximum Gasteiger partial charge on any atom is 0.387 e. The molecule has 1 heterocycles. The van der Waals surface area contributed by atoms with E-state index in [4.69, 9.17) is 12.2 Å². The van der Waals surface area contributed by atoms with Gasteiger partial charge >= 0.3 is 12.6 Å². The van der Waals surface area contributed by atoms with Gasteiger partial charge in [-0.3, -0.25) is 4.79 Å². The lowest BCUT2D eigenvalue weighted by molar-refractivity contribution is -0.142. The highest BCUT2D eigenvalue weighted by atomic mass is 35.5. The first kappa shape index (κ1) is 16.8. The topological polar surface area (TPSA) is 56.8 Å². The normalized spacial score (nSPS) is 24.2. The number of hydrogen-bond donors (Lipinski definition) is 1. The van der Waals surface area contributed by atoms with Gasteiger partial charge in [-0.25, -0.2) is 0 Å². The van der Waals surface area contributed by atoms with Crippen LogP contribution in [0.1, 0.15) is 33.5 Å². The lowest BCUT2D eigenvalue weighted by Crippen LogP contribution is -2.31. The van der Waals surface area contributed by atoms with Gasteiger partial charge < -0.3 is 19.5 Å². The van der Waals surface area contributed by atoms with Crippen LogP contribution in [-0.4, -0.2) is 38.8 Å². The van der Waals surface area contributed by atoms with Gasteiger partial charge in [-0.2, -0.15) is 8.78 Å². The van der Waals surface area contributed by atoms with E-state index in [0.29, 0.717) is 25.8 Å². The number of rotatable bonds is 7. The molecule has 8 heteroatoms. The van der Waals surface area contributed by atoms with Crippen molar-refractivity contribution in [2.24, 2.45) is 5.92 Å². The number of halogens is 3. The molecule has 1 saturated heterocycles. The molecule has 2 atom stereocenters. The Labute approximate surface area is 154 Å². The van der Waals surface area contributed by atoms with E-state index in [2.05, 4.69) is 10.1 Å². The molecular formula is C17H22ClF2NO4. The largest absolute Gasteiger partial charge is 0.489 e. The summed E-state index contributed by atoms with van der Waals surface area (Å²) in [6.07, 6.45) is 1.90. The van der Waals surface area contributed by atoms with Crippen molar-refractivity contribution in [3.63, 3.8) is 0 Å². The van der Waals surface area contributed by atoms with Crippen LogP contribution in [0.25, 0.3) is 0 Å². The molecule has 1 aromatic carbocycles. The van der Waals surface area contributed by atoms with E-state index >= 15 is 0 Å². The number of carbonyl (C=O) groups is 1. The first-order valence-electron chi connectivity index (χ1n) is 8.89. The molecule has 140 valence electrons. The predicted octanol–water partition coefficient (Wildman–Crippen LogP) is 3.12. The molecule has 2 fully saturated rings. The molecule has 1 saturated carbocycles. The highest BCUT2D eigenvalue weighted by molar-refractivity contribution is 5.85. The number of hydrogen-bond acceptors (Lipinski definition) is 5. The van der Waals surface area contributed by atoms with Crippen LogP contribution in [0.4, 0.5) is 8.78 Å². The lowest BCUT2D eigenvalue weighted by Gasteiger charge is -2.16. The quantitative estimate of drug-likeness (QED) is 0.738. The summed E-state index contributed by atoms with van der Waals surface area (Å²) in [5, 5.41) is 3.06. The number of ether oxygens (including phenoxy) is 3. The van der Waals surface area contributed by atoms with E-state index < -0.39 is 19.2 Å². The third kappa shape index (κ3) is 5.19. The molecule has 0 amide bonds. The second kappa shape index (κ2) is 8.67. The van der Waals surface area contributed by atoms with Crippen molar-refractivity contribution in [3.05, 3.63) is 23.8 Å². The van der Waals surface area contributed by atoms with E-state index in [0.717, 1.165) is 5.56 Å². The van der Waals surface area contributed by atoms with Gasteiger partial charge in [0.2, 0.25) is 0 Å². The molecular weight excluding hydrogens is 356 g/mol. The molecule has 2 aliphatic rings. The van der Waals surface area contributed by atoms with Crippen LogP contribution in [0.15, 0.2) is 18.2 Å². The van der Waals surface area contributed by atoms with E-state index in [9.17, 15) is 13.6 Å². The number of methoxy groups -OCH3 is 1. The zero-order valence-electron chi connectivity index (χ0n) is 15.7. The number of benzene rings is 1. The molecule has 0 bridgehead atoms. The number of nitrogens with one attached hydrogen (secondary N) is 1. The minimum absolute atomic E-state index is 0. The monoisotopic (exact) mass is 379 g/mol. The molecule has 0 aromatic heterocycles. The standard InChI is InChI=1S/C17H21F2NO4.ClH/c1-22-16(21)13-6-12(8-20-13)11-4-5-14(24-17(18)19)15(7-11)23-9-10-2-3-10;/h4-5,7,10,12-13,17,20H,2-3,6,8-9H2,1H3;1H/i9D2;. The van der Waals surface area contributed by atoms with Gasteiger partial charge in [0.25, 0.3) is 0 Å². The lowest BCUT2D eigenvalue weighted by atomic mass is 9.96. The van der Waals surface area contributed by atoms with Crippen LogP contribution in [0, 0.1) is 5.92 Å². The predicted molar refractivity (Wildman–Crippen MR) is 89.7 cm³/mol. The van der Waals surface area contributed by atoms with Crippen LogP contribution < -0.4 is 14.8 Å². The van der Waals surface area contributed by atoms with Gasteiger partial charge in [-0.15, -0.1) is 12.4 Å². The summed E-state index contributed by atoms with van der Waals surface area (Å²) in [5.41, 5.74) is 0.757. The van der Waals surface area contributed by atoms with Crippen molar-refractivity contribution in [1.29, 1.82) is 0 Å². The number of esters is 1. The zero-order valence-corrected chi connectivity index (χ0v) is 14.5. The Hall–Kier alpha value is -1.60. The zero-order chi connectivity index (χ0) is 18.9. The van der Waals surface area contributed by atoms with Crippen LogP contribution in [0.5, 0.6) is 11.5 Å². The van der Waals surface area contributed by atoms with Crippen molar-refractivity contribution in [2.45, 2.75) is 37.8 Å². The molecule has 5 nitrogen and oxygen atoms in total. The Morgan fingerprint density at radius 2 is 2.16 bits per heavy atom. The molecule has 0 spiro atoms. The van der Waals surface area contributed by atoms with Gasteiger partial charge in [-0.05, 0) is 48.8 Å². The van der Waals surface area contributed by atoms with Crippen molar-refractivity contribution in [1.82, 2.24) is 5.32 Å². The van der Waals surface area contributed by atoms with Crippen LogP contribution in [0.3, 0.4) is 0 Å². The Balaban J connectivity index is 0.00000261. The van der Waals surface area contributed by atoms with Crippen LogP contribution in [0.2, 0.25) is 0 Å². The first-order valence-corrected chi connectivity index (χ1v) is 7.89. The van der Waals surface area contributed by atoms with Crippen molar-refractivity contribution in [3.8, 4) is 11.5 Å². The van der Waals surface area contributed by atoms with Gasteiger partial charge in [0.15, 0.2) is 11.5 Å².